The van der Waals surface area contributed by atoms with Crippen LogP contribution in [0.2, 0.25) is 0 Å². The molecule has 1 atom stereocenters. The molecule has 5 heteroatoms. The Morgan fingerprint density at radius 3 is 2.17 bits per heavy atom. The van der Waals surface area contributed by atoms with Crippen LogP contribution in [0.15, 0.2) is 0 Å². The van der Waals surface area contributed by atoms with Gasteiger partial charge in [-0.25, -0.2) is 0 Å². The zero-order valence-electron chi connectivity index (χ0n) is 13.5. The molecular weight excluding hydrogens is 243 g/mol. The van der Waals surface area contributed by atoms with E-state index in [1.165, 1.54) is 0 Å². The van der Waals surface area contributed by atoms with E-state index in [0.29, 0.717) is 12.8 Å². The van der Waals surface area contributed by atoms with Crippen molar-refractivity contribution in [3.05, 3.63) is 0 Å². The van der Waals surface area contributed by atoms with Crippen LogP contribution in [0.3, 0.4) is 0 Å². The van der Waals surface area contributed by atoms with E-state index < -0.39 is 5.97 Å². The van der Waals surface area contributed by atoms with E-state index >= 15 is 0 Å². The summed E-state index contributed by atoms with van der Waals surface area (Å²) in [6.07, 6.45) is 4.82. The normalized spacial score (nSPS) is 16.2. The molecule has 1 aliphatic rings. The van der Waals surface area contributed by atoms with Crippen molar-refractivity contribution >= 4 is 11.9 Å². The van der Waals surface area contributed by atoms with Gasteiger partial charge in [0.05, 0.1) is 0 Å². The predicted octanol–water partition coefficient (Wildman–Crippen LogP) is 0.506. The molecule has 1 N–H and O–H groups in total. The third-order valence-electron chi connectivity index (χ3n) is 2.17. The van der Waals surface area contributed by atoms with Crippen LogP contribution in [0.1, 0.15) is 67.6 Å². The van der Waals surface area contributed by atoms with Gasteiger partial charge in [-0.15, -0.1) is 0 Å². The van der Waals surface area contributed by atoms with Gasteiger partial charge in [0, 0.05) is 12.8 Å². The molecule has 0 aromatic carbocycles. The fourth-order valence-electron chi connectivity index (χ4n) is 1.20. The average molecular weight is 270 g/mol. The predicted molar refractivity (Wildman–Crippen MR) is 69.0 cm³/mol. The summed E-state index contributed by atoms with van der Waals surface area (Å²) in [5.74, 6) is -0.723. The summed E-state index contributed by atoms with van der Waals surface area (Å²) < 4.78 is 4.87. The average Bonchev–Trinajstić information content (AvgIpc) is 2.76. The van der Waals surface area contributed by atoms with Crippen LogP contribution in [0.25, 0.3) is 0 Å². The van der Waals surface area contributed by atoms with Crippen LogP contribution < -0.4 is 29.6 Å². The number of carboxylic acids is 1. The molecule has 1 rings (SSSR count). The van der Waals surface area contributed by atoms with Crippen LogP contribution in [0, 0.1) is 0 Å². The number of hydrogen-bond acceptors (Lipinski definition) is 3. The van der Waals surface area contributed by atoms with Crippen molar-refractivity contribution in [3.8, 4) is 0 Å². The summed E-state index contributed by atoms with van der Waals surface area (Å²) in [4.78, 5) is 20.1. The number of carbonyl (C=O) groups excluding carboxylic acids is 1. The van der Waals surface area contributed by atoms with Crippen molar-refractivity contribution in [3.63, 3.8) is 0 Å². The SMILES string of the molecule is CC.CCC1CCC(=O)O1.CCCCC(=O)O.[H-].[Na+]. The molecule has 0 saturated carbocycles. The van der Waals surface area contributed by atoms with E-state index in [0.717, 1.165) is 25.7 Å². The number of ether oxygens (including phenoxy) is 1. The van der Waals surface area contributed by atoms with Crippen LogP contribution in [-0.2, 0) is 14.3 Å². The maximum Gasteiger partial charge on any atom is 1.00 e. The molecule has 0 amide bonds. The van der Waals surface area contributed by atoms with Gasteiger partial charge in [-0.2, -0.15) is 0 Å². The maximum absolute atomic E-state index is 10.4. The molecule has 0 bridgehead atoms. The third kappa shape index (κ3) is 15.9. The molecule has 1 aliphatic heterocycles. The second-order valence-corrected chi connectivity index (χ2v) is 3.56. The molecule has 0 aliphatic carbocycles. The molecule has 1 heterocycles. The Bertz CT molecular complexity index is 213. The third-order valence-corrected chi connectivity index (χ3v) is 2.17. The van der Waals surface area contributed by atoms with Gasteiger partial charge < -0.3 is 11.3 Å². The molecule has 0 radical (unpaired) electrons. The fraction of sp³-hybridized carbons (Fsp3) is 0.846. The van der Waals surface area contributed by atoms with Gasteiger partial charge in [-0.3, -0.25) is 9.59 Å². The molecule has 18 heavy (non-hydrogen) atoms. The van der Waals surface area contributed by atoms with Gasteiger partial charge in [-0.05, 0) is 19.3 Å². The van der Waals surface area contributed by atoms with Crippen molar-refractivity contribution in [1.29, 1.82) is 0 Å². The maximum atomic E-state index is 10.4. The Balaban J connectivity index is -0.0000000965. The Kier molecular flexibility index (Phi) is 21.7. The van der Waals surface area contributed by atoms with E-state index in [2.05, 4.69) is 0 Å². The van der Waals surface area contributed by atoms with Crippen LogP contribution in [0.4, 0.5) is 0 Å². The Morgan fingerprint density at radius 2 is 2.00 bits per heavy atom. The molecule has 4 nitrogen and oxygen atoms in total. The smallest absolute Gasteiger partial charge is 1.00 e. The van der Waals surface area contributed by atoms with E-state index in [1.807, 2.05) is 27.7 Å². The summed E-state index contributed by atoms with van der Waals surface area (Å²) >= 11 is 0. The number of esters is 1. The Labute approximate surface area is 134 Å². The monoisotopic (exact) mass is 270 g/mol. The van der Waals surface area contributed by atoms with E-state index in [1.54, 1.807) is 0 Å². The topological polar surface area (TPSA) is 63.6 Å². The van der Waals surface area contributed by atoms with Crippen molar-refractivity contribution in [1.82, 2.24) is 0 Å². The van der Waals surface area contributed by atoms with Gasteiger partial charge in [0.1, 0.15) is 6.10 Å². The second kappa shape index (κ2) is 16.9. The van der Waals surface area contributed by atoms with Crippen molar-refractivity contribution < 1.29 is 50.4 Å². The number of cyclic esters (lactones) is 1. The quantitative estimate of drug-likeness (QED) is 0.597. The van der Waals surface area contributed by atoms with Crippen LogP contribution >= 0.6 is 0 Å². The van der Waals surface area contributed by atoms with Crippen molar-refractivity contribution in [2.24, 2.45) is 0 Å². The number of unbranched alkanes of at least 4 members (excludes halogenated alkanes) is 1. The minimum Gasteiger partial charge on any atom is -1.00 e. The molecule has 0 aromatic heterocycles. The zero-order valence-corrected chi connectivity index (χ0v) is 14.5. The minimum atomic E-state index is -0.693. The summed E-state index contributed by atoms with van der Waals surface area (Å²) in [5.41, 5.74) is 0. The van der Waals surface area contributed by atoms with Gasteiger partial charge in [0.2, 0.25) is 0 Å². The number of aliphatic carboxylic acids is 1. The second-order valence-electron chi connectivity index (χ2n) is 3.56. The van der Waals surface area contributed by atoms with Gasteiger partial charge in [0.15, 0.2) is 0 Å². The summed E-state index contributed by atoms with van der Waals surface area (Å²) in [6, 6.07) is 0. The first-order chi connectivity index (χ1) is 8.10. The van der Waals surface area contributed by atoms with Crippen LogP contribution in [0.5, 0.6) is 0 Å². The minimum absolute atomic E-state index is 0. The molecule has 1 unspecified atom stereocenters. The summed E-state index contributed by atoms with van der Waals surface area (Å²) in [6.45, 7) is 8.01. The van der Waals surface area contributed by atoms with Crippen molar-refractivity contribution in [2.75, 3.05) is 0 Å². The summed E-state index contributed by atoms with van der Waals surface area (Å²) in [7, 11) is 0. The molecule has 0 aromatic rings. The molecular formula is C13H27NaO4. The number of carbonyl (C=O) groups is 2. The number of rotatable bonds is 4. The Hall–Kier alpha value is -0.0600. The standard InChI is InChI=1S/C6H10O2.C5H10O2.C2H6.Na.H/c1-2-5-3-4-6(7)8-5;1-2-3-4-5(6)7;1-2;;/h5H,2-4H2,1H3;2-4H2,1H3,(H,6,7);1-2H3;;/q;;;+1;-1. The molecule has 0 spiro atoms. The molecule has 104 valence electrons. The van der Waals surface area contributed by atoms with Crippen LogP contribution in [-0.4, -0.2) is 23.1 Å². The Morgan fingerprint density at radius 1 is 1.44 bits per heavy atom. The van der Waals surface area contributed by atoms with Crippen molar-refractivity contribution in [2.45, 2.75) is 72.3 Å². The van der Waals surface area contributed by atoms with Gasteiger partial charge in [0.25, 0.3) is 0 Å². The number of hydrogen-bond donors (Lipinski definition) is 1. The first-order valence-electron chi connectivity index (χ1n) is 6.51. The van der Waals surface area contributed by atoms with Gasteiger partial charge >= 0.3 is 41.5 Å². The van der Waals surface area contributed by atoms with E-state index in [9.17, 15) is 9.59 Å². The first kappa shape index (κ1) is 23.1. The zero-order chi connectivity index (χ0) is 13.7. The largest absolute Gasteiger partial charge is 1.00 e. The first-order valence-corrected chi connectivity index (χ1v) is 6.51. The van der Waals surface area contributed by atoms with Gasteiger partial charge in [-0.1, -0.05) is 34.1 Å². The fourth-order valence-corrected chi connectivity index (χ4v) is 1.20. The molecule has 1 fully saturated rings. The van der Waals surface area contributed by atoms with E-state index in [4.69, 9.17) is 9.84 Å². The summed E-state index contributed by atoms with van der Waals surface area (Å²) in [5, 5.41) is 8.04. The number of carboxylic acid groups (broad SMARTS) is 1. The van der Waals surface area contributed by atoms with E-state index in [-0.39, 0.29) is 43.1 Å². The molecule has 1 saturated heterocycles.